The molecule has 4 aromatic rings. The van der Waals surface area contributed by atoms with Crippen molar-refractivity contribution < 1.29 is 14.3 Å². The van der Waals surface area contributed by atoms with Crippen molar-refractivity contribution in [3.05, 3.63) is 81.7 Å². The van der Waals surface area contributed by atoms with Crippen molar-refractivity contribution in [2.45, 2.75) is 6.42 Å². The summed E-state index contributed by atoms with van der Waals surface area (Å²) in [5, 5.41) is 1.86. The molecule has 32 heavy (non-hydrogen) atoms. The van der Waals surface area contributed by atoms with Gasteiger partial charge in [-0.05, 0) is 47.5 Å². The lowest BCUT2D eigenvalue weighted by molar-refractivity contribution is 0.0595. The SMILES string of the molecule is C=C(Cc1c(C=O)[nH]c(C(=O)OC)c1-c1c[nH]c2ccc(Cl)cc12)c1cc(Cl)ccc1N. The van der Waals surface area contributed by atoms with Crippen molar-refractivity contribution in [2.75, 3.05) is 12.8 Å². The molecule has 0 aliphatic rings. The number of rotatable bonds is 6. The third-order valence-corrected chi connectivity index (χ3v) is 5.81. The normalized spacial score (nSPS) is 11.0. The molecular formula is C24H19Cl2N3O3. The number of nitrogens with two attached hydrogens (primary N) is 1. The van der Waals surface area contributed by atoms with Crippen LogP contribution in [-0.2, 0) is 11.2 Å². The number of carbonyl (C=O) groups excluding carboxylic acids is 2. The van der Waals surface area contributed by atoms with Crippen LogP contribution in [0.15, 0.2) is 49.2 Å². The highest BCUT2D eigenvalue weighted by Gasteiger charge is 2.26. The van der Waals surface area contributed by atoms with Gasteiger partial charge < -0.3 is 20.4 Å². The number of aromatic nitrogens is 2. The second kappa shape index (κ2) is 8.57. The number of nitrogen functional groups attached to an aromatic ring is 1. The van der Waals surface area contributed by atoms with Crippen LogP contribution in [-0.4, -0.2) is 29.3 Å². The molecule has 0 bridgehead atoms. The van der Waals surface area contributed by atoms with E-state index in [-0.39, 0.29) is 17.8 Å². The predicted octanol–water partition coefficient (Wildman–Crippen LogP) is 5.91. The molecule has 0 aliphatic carbocycles. The highest BCUT2D eigenvalue weighted by molar-refractivity contribution is 6.31. The van der Waals surface area contributed by atoms with Gasteiger partial charge in [0.15, 0.2) is 6.29 Å². The van der Waals surface area contributed by atoms with Gasteiger partial charge in [0, 0.05) is 55.9 Å². The van der Waals surface area contributed by atoms with Gasteiger partial charge in [-0.2, -0.15) is 0 Å². The first-order chi connectivity index (χ1) is 15.3. The smallest absolute Gasteiger partial charge is 0.355 e. The summed E-state index contributed by atoms with van der Waals surface area (Å²) in [5.74, 6) is -0.599. The molecule has 0 saturated heterocycles. The number of anilines is 1. The molecule has 0 unspecified atom stereocenters. The summed E-state index contributed by atoms with van der Waals surface area (Å²) in [4.78, 5) is 30.6. The molecule has 2 heterocycles. The van der Waals surface area contributed by atoms with Crippen LogP contribution >= 0.6 is 23.2 Å². The third-order valence-electron chi connectivity index (χ3n) is 5.34. The van der Waals surface area contributed by atoms with Crippen molar-refractivity contribution >= 4 is 57.6 Å². The van der Waals surface area contributed by atoms with Gasteiger partial charge in [-0.25, -0.2) is 4.79 Å². The Kier molecular flexibility index (Phi) is 5.82. The molecule has 162 valence electrons. The highest BCUT2D eigenvalue weighted by atomic mass is 35.5. The number of nitrogens with one attached hydrogen (secondary N) is 2. The van der Waals surface area contributed by atoms with Gasteiger partial charge in [0.05, 0.1) is 12.8 Å². The van der Waals surface area contributed by atoms with Crippen LogP contribution in [0.4, 0.5) is 5.69 Å². The minimum Gasteiger partial charge on any atom is -0.464 e. The fourth-order valence-electron chi connectivity index (χ4n) is 3.84. The monoisotopic (exact) mass is 467 g/mol. The van der Waals surface area contributed by atoms with Crippen LogP contribution in [0.1, 0.15) is 32.1 Å². The van der Waals surface area contributed by atoms with Gasteiger partial charge in [0.1, 0.15) is 5.69 Å². The molecule has 6 nitrogen and oxygen atoms in total. The Bertz CT molecular complexity index is 1380. The van der Waals surface area contributed by atoms with Crippen LogP contribution in [0.2, 0.25) is 10.0 Å². The fraction of sp³-hybridized carbons (Fsp3) is 0.0833. The number of fused-ring (bicyclic) bond motifs is 1. The topological polar surface area (TPSA) is 101 Å². The molecular weight excluding hydrogens is 449 g/mol. The number of allylic oxidation sites excluding steroid dienone is 1. The number of hydrogen-bond acceptors (Lipinski definition) is 4. The van der Waals surface area contributed by atoms with Crippen molar-refractivity contribution in [2.24, 2.45) is 0 Å². The van der Waals surface area contributed by atoms with E-state index in [1.54, 1.807) is 36.5 Å². The second-order valence-electron chi connectivity index (χ2n) is 7.28. The molecule has 8 heteroatoms. The van der Waals surface area contributed by atoms with E-state index in [0.29, 0.717) is 49.8 Å². The predicted molar refractivity (Wildman–Crippen MR) is 128 cm³/mol. The molecule has 0 amide bonds. The van der Waals surface area contributed by atoms with Crippen LogP contribution in [0.25, 0.3) is 27.6 Å². The van der Waals surface area contributed by atoms with Crippen molar-refractivity contribution in [1.29, 1.82) is 0 Å². The standard InChI is InChI=1S/C24H19Cl2N3O3/c1-12(15-8-13(25)3-5-19(15)27)7-17-21(11-30)29-23(24(31)32-2)22(17)18-10-28-20-6-4-14(26)9-16(18)20/h3-6,8-11,28-29H,1,7,27H2,2H3. The number of aromatic amines is 2. The van der Waals surface area contributed by atoms with Gasteiger partial charge in [-0.1, -0.05) is 29.8 Å². The van der Waals surface area contributed by atoms with E-state index >= 15 is 0 Å². The maximum atomic E-state index is 12.6. The lowest BCUT2D eigenvalue weighted by atomic mass is 9.92. The first kappa shape index (κ1) is 21.7. The molecule has 0 spiro atoms. The molecule has 0 radical (unpaired) electrons. The lowest BCUT2D eigenvalue weighted by Gasteiger charge is -2.12. The Balaban J connectivity index is 1.94. The van der Waals surface area contributed by atoms with E-state index in [1.165, 1.54) is 7.11 Å². The number of benzene rings is 2. The van der Waals surface area contributed by atoms with Crippen molar-refractivity contribution in [3.8, 4) is 11.1 Å². The zero-order valence-corrected chi connectivity index (χ0v) is 18.6. The molecule has 0 aliphatic heterocycles. The second-order valence-corrected chi connectivity index (χ2v) is 8.15. The van der Waals surface area contributed by atoms with Gasteiger partial charge in [0.25, 0.3) is 0 Å². The number of hydrogen-bond donors (Lipinski definition) is 3. The maximum Gasteiger partial charge on any atom is 0.355 e. The lowest BCUT2D eigenvalue weighted by Crippen LogP contribution is -2.04. The van der Waals surface area contributed by atoms with E-state index in [1.807, 2.05) is 6.07 Å². The van der Waals surface area contributed by atoms with Crippen LogP contribution in [0.3, 0.4) is 0 Å². The summed E-state index contributed by atoms with van der Waals surface area (Å²) >= 11 is 12.4. The van der Waals surface area contributed by atoms with Gasteiger partial charge in [-0.3, -0.25) is 4.79 Å². The van der Waals surface area contributed by atoms with Gasteiger partial charge in [-0.15, -0.1) is 0 Å². The Hall–Kier alpha value is -3.48. The first-order valence-corrected chi connectivity index (χ1v) is 10.4. The highest BCUT2D eigenvalue weighted by Crippen LogP contribution is 2.39. The third kappa shape index (κ3) is 3.79. The zero-order valence-electron chi connectivity index (χ0n) is 17.1. The van der Waals surface area contributed by atoms with Crippen molar-refractivity contribution in [3.63, 3.8) is 0 Å². The summed E-state index contributed by atoms with van der Waals surface area (Å²) in [6, 6.07) is 10.5. The average Bonchev–Trinajstić information content (AvgIpc) is 3.35. The van der Waals surface area contributed by atoms with Crippen LogP contribution in [0.5, 0.6) is 0 Å². The average molecular weight is 468 g/mol. The number of ether oxygens (including phenoxy) is 1. The van der Waals surface area contributed by atoms with E-state index in [4.69, 9.17) is 33.7 Å². The molecule has 2 aromatic heterocycles. The molecule has 4 rings (SSSR count). The van der Waals surface area contributed by atoms with E-state index in [0.717, 1.165) is 10.9 Å². The van der Waals surface area contributed by atoms with Crippen molar-refractivity contribution in [1.82, 2.24) is 9.97 Å². The first-order valence-electron chi connectivity index (χ1n) is 9.62. The molecule has 4 N–H and O–H groups in total. The summed E-state index contributed by atoms with van der Waals surface area (Å²) in [6.07, 6.45) is 2.68. The van der Waals surface area contributed by atoms with Crippen LogP contribution in [0, 0.1) is 0 Å². The molecule has 2 aromatic carbocycles. The number of aldehydes is 1. The minimum atomic E-state index is -0.599. The summed E-state index contributed by atoms with van der Waals surface area (Å²) in [7, 11) is 1.28. The fourth-order valence-corrected chi connectivity index (χ4v) is 4.18. The Morgan fingerprint density at radius 2 is 1.91 bits per heavy atom. The molecule has 0 atom stereocenters. The Morgan fingerprint density at radius 1 is 1.19 bits per heavy atom. The Labute approximate surface area is 194 Å². The number of esters is 1. The van der Waals surface area contributed by atoms with E-state index in [9.17, 15) is 9.59 Å². The largest absolute Gasteiger partial charge is 0.464 e. The van der Waals surface area contributed by atoms with E-state index < -0.39 is 5.97 Å². The molecule has 0 saturated carbocycles. The number of methoxy groups -OCH3 is 1. The van der Waals surface area contributed by atoms with E-state index in [2.05, 4.69) is 16.5 Å². The quantitative estimate of drug-likeness (QED) is 0.186. The van der Waals surface area contributed by atoms with Gasteiger partial charge >= 0.3 is 5.97 Å². The maximum absolute atomic E-state index is 12.6. The number of H-pyrrole nitrogens is 2. The summed E-state index contributed by atoms with van der Waals surface area (Å²) in [6.45, 7) is 4.16. The molecule has 0 fully saturated rings. The van der Waals surface area contributed by atoms with Gasteiger partial charge in [0.2, 0.25) is 0 Å². The number of carbonyl (C=O) groups is 2. The summed E-state index contributed by atoms with van der Waals surface area (Å²) < 4.78 is 4.97. The minimum absolute atomic E-state index is 0.164. The zero-order chi connectivity index (χ0) is 23.0. The Morgan fingerprint density at radius 3 is 2.62 bits per heavy atom. The van der Waals surface area contributed by atoms with Crippen LogP contribution < -0.4 is 5.73 Å². The summed E-state index contributed by atoms with van der Waals surface area (Å²) in [5.41, 5.74) is 11.0. The number of halogens is 2.